The molecule has 3 rings (SSSR count). The molecule has 4 atom stereocenters. The molecule has 2 nitrogen and oxygen atoms in total. The summed E-state index contributed by atoms with van der Waals surface area (Å²) in [5, 5.41) is 14.1. The first-order valence-corrected chi connectivity index (χ1v) is 9.35. The van der Waals surface area contributed by atoms with Gasteiger partial charge in [0.25, 0.3) is 0 Å². The third-order valence-electron chi connectivity index (χ3n) is 5.67. The van der Waals surface area contributed by atoms with Gasteiger partial charge in [-0.25, -0.2) is 0 Å². The van der Waals surface area contributed by atoms with Crippen molar-refractivity contribution in [2.24, 2.45) is 5.92 Å². The van der Waals surface area contributed by atoms with Gasteiger partial charge in [0.05, 0.1) is 5.60 Å². The molecule has 0 aliphatic carbocycles. The highest BCUT2D eigenvalue weighted by atomic mass is 16.3. The van der Waals surface area contributed by atoms with Crippen LogP contribution in [0.1, 0.15) is 62.7 Å². The smallest absolute Gasteiger partial charge is 0.118 e. The molecule has 3 N–H and O–H groups in total. The molecule has 2 heteroatoms. The SMILES string of the molecule is CCCC1(O)CC(c2ccccc2)[NH2+]C(c2ccccc2)C1CC. The molecule has 0 radical (unpaired) electrons. The predicted molar refractivity (Wildman–Crippen MR) is 98.5 cm³/mol. The number of hydrogen-bond donors (Lipinski definition) is 2. The van der Waals surface area contributed by atoms with E-state index >= 15 is 0 Å². The molecule has 2 aromatic carbocycles. The summed E-state index contributed by atoms with van der Waals surface area (Å²) in [6.45, 7) is 4.40. The molecule has 4 unspecified atom stereocenters. The summed E-state index contributed by atoms with van der Waals surface area (Å²) in [7, 11) is 0. The van der Waals surface area contributed by atoms with Gasteiger partial charge in [0.1, 0.15) is 12.1 Å². The Hall–Kier alpha value is -1.64. The van der Waals surface area contributed by atoms with Gasteiger partial charge in [0.15, 0.2) is 0 Å². The van der Waals surface area contributed by atoms with Crippen LogP contribution in [0.15, 0.2) is 60.7 Å². The normalized spacial score (nSPS) is 30.2. The van der Waals surface area contributed by atoms with Crippen LogP contribution in [-0.2, 0) is 0 Å². The molecule has 0 saturated carbocycles. The molecule has 128 valence electrons. The molecular formula is C22H30NO+. The summed E-state index contributed by atoms with van der Waals surface area (Å²) >= 11 is 0. The van der Waals surface area contributed by atoms with Gasteiger partial charge in [0, 0.05) is 23.5 Å². The molecule has 1 aliphatic heterocycles. The van der Waals surface area contributed by atoms with Crippen molar-refractivity contribution in [3.63, 3.8) is 0 Å². The summed E-state index contributed by atoms with van der Waals surface area (Å²) in [4.78, 5) is 0. The van der Waals surface area contributed by atoms with Crippen LogP contribution >= 0.6 is 0 Å². The number of hydrogen-bond acceptors (Lipinski definition) is 1. The van der Waals surface area contributed by atoms with Gasteiger partial charge in [-0.05, 0) is 12.8 Å². The molecule has 1 saturated heterocycles. The molecule has 1 heterocycles. The Morgan fingerprint density at radius 2 is 1.54 bits per heavy atom. The summed E-state index contributed by atoms with van der Waals surface area (Å²) < 4.78 is 0. The minimum Gasteiger partial charge on any atom is -0.389 e. The van der Waals surface area contributed by atoms with Gasteiger partial charge in [0.2, 0.25) is 0 Å². The van der Waals surface area contributed by atoms with Gasteiger partial charge in [-0.3, -0.25) is 0 Å². The Morgan fingerprint density at radius 3 is 2.08 bits per heavy atom. The number of aliphatic hydroxyl groups is 1. The summed E-state index contributed by atoms with van der Waals surface area (Å²) in [5.74, 6) is 0.291. The van der Waals surface area contributed by atoms with E-state index in [2.05, 4.69) is 79.8 Å². The van der Waals surface area contributed by atoms with E-state index in [9.17, 15) is 5.11 Å². The summed E-state index contributed by atoms with van der Waals surface area (Å²) in [5.41, 5.74) is 2.07. The predicted octanol–water partition coefficient (Wildman–Crippen LogP) is 3.99. The van der Waals surface area contributed by atoms with Crippen molar-refractivity contribution in [3.8, 4) is 0 Å². The third kappa shape index (κ3) is 3.40. The average Bonchev–Trinajstić information content (AvgIpc) is 2.62. The van der Waals surface area contributed by atoms with E-state index < -0.39 is 5.60 Å². The summed E-state index contributed by atoms with van der Waals surface area (Å²) in [6, 6.07) is 22.0. The van der Waals surface area contributed by atoms with Crippen LogP contribution in [0.4, 0.5) is 0 Å². The Balaban J connectivity index is 1.98. The molecule has 0 amide bonds. The van der Waals surface area contributed by atoms with Crippen LogP contribution in [0, 0.1) is 5.92 Å². The van der Waals surface area contributed by atoms with Crippen LogP contribution in [-0.4, -0.2) is 10.7 Å². The first kappa shape index (κ1) is 17.2. The zero-order valence-corrected chi connectivity index (χ0v) is 14.9. The molecule has 24 heavy (non-hydrogen) atoms. The second kappa shape index (κ2) is 7.50. The van der Waals surface area contributed by atoms with Crippen molar-refractivity contribution in [1.29, 1.82) is 0 Å². The number of rotatable bonds is 5. The monoisotopic (exact) mass is 324 g/mol. The van der Waals surface area contributed by atoms with Crippen LogP contribution in [0.3, 0.4) is 0 Å². The van der Waals surface area contributed by atoms with Crippen LogP contribution in [0.5, 0.6) is 0 Å². The van der Waals surface area contributed by atoms with Crippen molar-refractivity contribution in [3.05, 3.63) is 71.8 Å². The van der Waals surface area contributed by atoms with Crippen molar-refractivity contribution in [2.45, 2.75) is 57.2 Å². The largest absolute Gasteiger partial charge is 0.389 e. The average molecular weight is 324 g/mol. The second-order valence-corrected chi connectivity index (χ2v) is 7.22. The fourth-order valence-electron chi connectivity index (χ4n) is 4.62. The van der Waals surface area contributed by atoms with E-state index in [1.165, 1.54) is 11.1 Å². The Labute approximate surface area is 145 Å². The topological polar surface area (TPSA) is 36.8 Å². The fourth-order valence-corrected chi connectivity index (χ4v) is 4.62. The lowest BCUT2D eigenvalue weighted by atomic mass is 9.68. The zero-order chi connectivity index (χ0) is 17.0. The van der Waals surface area contributed by atoms with E-state index in [0.717, 1.165) is 25.7 Å². The van der Waals surface area contributed by atoms with Crippen molar-refractivity contribution in [1.82, 2.24) is 0 Å². The van der Waals surface area contributed by atoms with E-state index in [1.54, 1.807) is 0 Å². The first-order chi connectivity index (χ1) is 11.7. The Kier molecular flexibility index (Phi) is 5.37. The highest BCUT2D eigenvalue weighted by Crippen LogP contribution is 2.42. The standard InChI is InChI=1S/C22H29NO/c1-3-15-22(24)16-20(17-11-7-5-8-12-17)23-21(19(22)4-2)18-13-9-6-10-14-18/h5-14,19-21,23-24H,3-4,15-16H2,1-2H3/p+1. The summed E-state index contributed by atoms with van der Waals surface area (Å²) in [6.07, 6.45) is 3.75. The number of nitrogens with two attached hydrogens (primary N) is 1. The van der Waals surface area contributed by atoms with Crippen molar-refractivity contribution in [2.75, 3.05) is 0 Å². The lowest BCUT2D eigenvalue weighted by Gasteiger charge is -2.46. The minimum absolute atomic E-state index is 0.291. The van der Waals surface area contributed by atoms with Crippen LogP contribution < -0.4 is 5.32 Å². The zero-order valence-electron chi connectivity index (χ0n) is 14.9. The maximum absolute atomic E-state index is 11.6. The number of piperidine rings is 1. The van der Waals surface area contributed by atoms with Crippen LogP contribution in [0.25, 0.3) is 0 Å². The van der Waals surface area contributed by atoms with Gasteiger partial charge in [-0.2, -0.15) is 0 Å². The number of quaternary nitrogens is 1. The molecular weight excluding hydrogens is 294 g/mol. The van der Waals surface area contributed by atoms with Crippen LogP contribution in [0.2, 0.25) is 0 Å². The van der Waals surface area contributed by atoms with Crippen molar-refractivity contribution >= 4 is 0 Å². The van der Waals surface area contributed by atoms with Gasteiger partial charge in [-0.15, -0.1) is 0 Å². The lowest BCUT2D eigenvalue weighted by molar-refractivity contribution is -0.757. The van der Waals surface area contributed by atoms with E-state index in [1.807, 2.05) is 0 Å². The Morgan fingerprint density at radius 1 is 0.958 bits per heavy atom. The quantitative estimate of drug-likeness (QED) is 0.857. The molecule has 1 aliphatic rings. The van der Waals surface area contributed by atoms with E-state index in [4.69, 9.17) is 0 Å². The van der Waals surface area contributed by atoms with Crippen molar-refractivity contribution < 1.29 is 10.4 Å². The lowest BCUT2D eigenvalue weighted by Crippen LogP contribution is -2.91. The maximum atomic E-state index is 11.6. The highest BCUT2D eigenvalue weighted by molar-refractivity contribution is 5.22. The molecule has 0 aromatic heterocycles. The molecule has 0 spiro atoms. The Bertz CT molecular complexity index is 627. The van der Waals surface area contributed by atoms with E-state index in [-0.39, 0.29) is 0 Å². The molecule has 0 bridgehead atoms. The number of benzene rings is 2. The molecule has 2 aromatic rings. The minimum atomic E-state index is -0.584. The second-order valence-electron chi connectivity index (χ2n) is 7.22. The molecule has 1 fully saturated rings. The maximum Gasteiger partial charge on any atom is 0.118 e. The van der Waals surface area contributed by atoms with Gasteiger partial charge < -0.3 is 10.4 Å². The third-order valence-corrected chi connectivity index (χ3v) is 5.67. The van der Waals surface area contributed by atoms with E-state index in [0.29, 0.717) is 18.0 Å². The first-order valence-electron chi connectivity index (χ1n) is 9.35. The van der Waals surface area contributed by atoms with Gasteiger partial charge >= 0.3 is 0 Å². The highest BCUT2D eigenvalue weighted by Gasteiger charge is 2.49. The fraction of sp³-hybridized carbons (Fsp3) is 0.455. The van der Waals surface area contributed by atoms with Gasteiger partial charge in [-0.1, -0.05) is 80.9 Å².